The SMILES string of the molecule is CCOc1cc(C(=O)O[C@@H](C)C(=O)Nc2c(C)n(C)n(-c3ccccc3)c2=O)ccc1OC. The molecule has 1 atom stereocenters. The number of nitrogens with zero attached hydrogens (tertiary/aromatic N) is 2. The molecule has 0 spiro atoms. The van der Waals surface area contributed by atoms with Crippen LogP contribution in [0.4, 0.5) is 5.69 Å². The van der Waals surface area contributed by atoms with Gasteiger partial charge in [-0.25, -0.2) is 9.48 Å². The Balaban J connectivity index is 1.76. The fraction of sp³-hybridized carbons (Fsp3) is 0.292. The van der Waals surface area contributed by atoms with Crippen molar-refractivity contribution in [2.24, 2.45) is 7.05 Å². The second kappa shape index (κ2) is 10.1. The van der Waals surface area contributed by atoms with Gasteiger partial charge in [-0.1, -0.05) is 18.2 Å². The predicted molar refractivity (Wildman–Crippen MR) is 123 cm³/mol. The number of carbonyl (C=O) groups is 2. The molecule has 174 valence electrons. The lowest BCUT2D eigenvalue weighted by molar-refractivity contribution is -0.123. The van der Waals surface area contributed by atoms with Gasteiger partial charge in [0.1, 0.15) is 5.69 Å². The van der Waals surface area contributed by atoms with Crippen LogP contribution < -0.4 is 20.3 Å². The highest BCUT2D eigenvalue weighted by Crippen LogP contribution is 2.28. The Morgan fingerprint density at radius 3 is 2.42 bits per heavy atom. The van der Waals surface area contributed by atoms with E-state index in [0.717, 1.165) is 0 Å². The van der Waals surface area contributed by atoms with E-state index in [4.69, 9.17) is 14.2 Å². The minimum absolute atomic E-state index is 0.123. The van der Waals surface area contributed by atoms with E-state index in [0.29, 0.717) is 29.5 Å². The summed E-state index contributed by atoms with van der Waals surface area (Å²) in [5.41, 5.74) is 1.17. The molecule has 3 aromatic rings. The minimum atomic E-state index is -1.14. The molecule has 0 saturated heterocycles. The largest absolute Gasteiger partial charge is 0.493 e. The molecule has 1 N–H and O–H groups in total. The lowest BCUT2D eigenvalue weighted by atomic mass is 10.2. The summed E-state index contributed by atoms with van der Waals surface area (Å²) >= 11 is 0. The third-order valence-electron chi connectivity index (χ3n) is 5.15. The molecule has 9 nitrogen and oxygen atoms in total. The quantitative estimate of drug-likeness (QED) is 0.526. The number of methoxy groups -OCH3 is 1. The van der Waals surface area contributed by atoms with Crippen LogP contribution in [-0.2, 0) is 16.6 Å². The molecule has 1 heterocycles. The van der Waals surface area contributed by atoms with Gasteiger partial charge in [0.05, 0.1) is 30.7 Å². The van der Waals surface area contributed by atoms with Gasteiger partial charge in [0, 0.05) is 7.05 Å². The zero-order valence-electron chi connectivity index (χ0n) is 19.2. The molecule has 0 bridgehead atoms. The van der Waals surface area contributed by atoms with E-state index in [1.165, 1.54) is 30.8 Å². The summed E-state index contributed by atoms with van der Waals surface area (Å²) in [6.07, 6.45) is -1.14. The number of anilines is 1. The van der Waals surface area contributed by atoms with E-state index in [-0.39, 0.29) is 16.8 Å². The fourth-order valence-corrected chi connectivity index (χ4v) is 3.29. The third kappa shape index (κ3) is 4.92. The second-order valence-electron chi connectivity index (χ2n) is 7.27. The molecule has 33 heavy (non-hydrogen) atoms. The summed E-state index contributed by atoms with van der Waals surface area (Å²) < 4.78 is 19.1. The van der Waals surface area contributed by atoms with Crippen molar-refractivity contribution in [3.8, 4) is 17.2 Å². The van der Waals surface area contributed by atoms with Gasteiger partial charge in [-0.2, -0.15) is 0 Å². The lowest BCUT2D eigenvalue weighted by Gasteiger charge is -2.14. The number of ether oxygens (including phenoxy) is 3. The van der Waals surface area contributed by atoms with Crippen molar-refractivity contribution in [1.29, 1.82) is 0 Å². The summed E-state index contributed by atoms with van der Waals surface area (Å²) in [5.74, 6) is -0.443. The lowest BCUT2D eigenvalue weighted by Crippen LogP contribution is -2.32. The monoisotopic (exact) mass is 453 g/mol. The molecule has 0 fully saturated rings. The van der Waals surface area contributed by atoms with Crippen molar-refractivity contribution in [3.63, 3.8) is 0 Å². The van der Waals surface area contributed by atoms with Crippen molar-refractivity contribution in [3.05, 3.63) is 70.1 Å². The van der Waals surface area contributed by atoms with Crippen molar-refractivity contribution < 1.29 is 23.8 Å². The van der Waals surface area contributed by atoms with Gasteiger partial charge in [0.2, 0.25) is 0 Å². The first kappa shape index (κ1) is 23.6. The standard InChI is InChI=1S/C24H27N3O6/c1-6-32-20-14-17(12-13-19(20)31-5)24(30)33-16(3)22(28)25-21-15(2)26(4)27(23(21)29)18-10-8-7-9-11-18/h7-14,16H,6H2,1-5H3,(H,25,28)/t16-/m0/s1. The van der Waals surface area contributed by atoms with Crippen LogP contribution in [0.25, 0.3) is 5.69 Å². The molecule has 0 aliphatic rings. The first-order valence-electron chi connectivity index (χ1n) is 10.4. The number of carbonyl (C=O) groups excluding carboxylic acids is 2. The number of rotatable bonds is 8. The average Bonchev–Trinajstić information content (AvgIpc) is 3.02. The number of benzene rings is 2. The summed E-state index contributed by atoms with van der Waals surface area (Å²) in [6, 6.07) is 13.7. The van der Waals surface area contributed by atoms with Crippen LogP contribution in [-0.4, -0.2) is 41.1 Å². The molecule has 0 unspecified atom stereocenters. The average molecular weight is 453 g/mol. The van der Waals surface area contributed by atoms with E-state index < -0.39 is 18.0 Å². The van der Waals surface area contributed by atoms with Crippen LogP contribution in [0, 0.1) is 6.92 Å². The predicted octanol–water partition coefficient (Wildman–Crippen LogP) is 3.08. The molecular formula is C24H27N3O6. The normalized spacial score (nSPS) is 11.5. The highest BCUT2D eigenvalue weighted by Gasteiger charge is 2.24. The zero-order valence-corrected chi connectivity index (χ0v) is 19.2. The Morgan fingerprint density at radius 2 is 1.79 bits per heavy atom. The number of hydrogen-bond acceptors (Lipinski definition) is 6. The highest BCUT2D eigenvalue weighted by molar-refractivity contribution is 5.97. The van der Waals surface area contributed by atoms with Crippen molar-refractivity contribution in [2.45, 2.75) is 26.9 Å². The number of nitrogens with one attached hydrogen (secondary N) is 1. The maximum atomic E-state index is 13.0. The highest BCUT2D eigenvalue weighted by atomic mass is 16.5. The van der Waals surface area contributed by atoms with Crippen LogP contribution in [0.5, 0.6) is 11.5 Å². The number of amides is 1. The van der Waals surface area contributed by atoms with Crippen LogP contribution in [0.2, 0.25) is 0 Å². The Labute approximate surface area is 191 Å². The Hall–Kier alpha value is -4.01. The zero-order chi connectivity index (χ0) is 24.1. The van der Waals surface area contributed by atoms with E-state index in [9.17, 15) is 14.4 Å². The van der Waals surface area contributed by atoms with Gasteiger partial charge >= 0.3 is 5.97 Å². The third-order valence-corrected chi connectivity index (χ3v) is 5.15. The topological polar surface area (TPSA) is 101 Å². The second-order valence-corrected chi connectivity index (χ2v) is 7.27. The summed E-state index contributed by atoms with van der Waals surface area (Å²) in [5, 5.41) is 2.60. The molecule has 2 aromatic carbocycles. The Kier molecular flexibility index (Phi) is 7.22. The molecule has 0 aliphatic carbocycles. The van der Waals surface area contributed by atoms with Crippen molar-refractivity contribution in [2.75, 3.05) is 19.0 Å². The van der Waals surface area contributed by atoms with Crippen molar-refractivity contribution >= 4 is 17.6 Å². The maximum Gasteiger partial charge on any atom is 0.339 e. The van der Waals surface area contributed by atoms with E-state index in [1.54, 1.807) is 36.9 Å². The first-order valence-corrected chi connectivity index (χ1v) is 10.4. The molecule has 1 aromatic heterocycles. The molecule has 1 amide bonds. The van der Waals surface area contributed by atoms with Crippen LogP contribution in [0.3, 0.4) is 0 Å². The molecule has 0 radical (unpaired) electrons. The van der Waals surface area contributed by atoms with Gasteiger partial charge in [0.15, 0.2) is 17.6 Å². The molecule has 9 heteroatoms. The van der Waals surface area contributed by atoms with Gasteiger partial charge in [-0.3, -0.25) is 14.3 Å². The van der Waals surface area contributed by atoms with Crippen molar-refractivity contribution in [1.82, 2.24) is 9.36 Å². The molecular weight excluding hydrogens is 426 g/mol. The van der Waals surface area contributed by atoms with Gasteiger partial charge in [-0.05, 0) is 51.1 Å². The van der Waals surface area contributed by atoms with Crippen LogP contribution in [0.1, 0.15) is 29.9 Å². The Morgan fingerprint density at radius 1 is 1.09 bits per heavy atom. The first-order chi connectivity index (χ1) is 15.8. The van der Waals surface area contributed by atoms with E-state index in [1.807, 2.05) is 25.1 Å². The van der Waals surface area contributed by atoms with E-state index >= 15 is 0 Å². The molecule has 0 aliphatic heterocycles. The van der Waals surface area contributed by atoms with Crippen LogP contribution in [0.15, 0.2) is 53.3 Å². The van der Waals surface area contributed by atoms with Crippen LogP contribution >= 0.6 is 0 Å². The molecule has 3 rings (SSSR count). The number of esters is 1. The van der Waals surface area contributed by atoms with E-state index in [2.05, 4.69) is 5.32 Å². The number of para-hydroxylation sites is 1. The van der Waals surface area contributed by atoms with Gasteiger partial charge in [-0.15, -0.1) is 0 Å². The summed E-state index contributed by atoms with van der Waals surface area (Å²) in [6.45, 7) is 5.37. The maximum absolute atomic E-state index is 13.0. The number of hydrogen-bond donors (Lipinski definition) is 1. The molecule has 0 saturated carbocycles. The van der Waals surface area contributed by atoms with Gasteiger partial charge < -0.3 is 19.5 Å². The summed E-state index contributed by atoms with van der Waals surface area (Å²) in [7, 11) is 3.22. The smallest absolute Gasteiger partial charge is 0.339 e. The number of aromatic nitrogens is 2. The van der Waals surface area contributed by atoms with Gasteiger partial charge in [0.25, 0.3) is 11.5 Å². The Bertz CT molecular complexity index is 1210. The summed E-state index contributed by atoms with van der Waals surface area (Å²) in [4.78, 5) is 38.3. The fourth-order valence-electron chi connectivity index (χ4n) is 3.29. The minimum Gasteiger partial charge on any atom is -0.493 e.